The molecule has 6 aliphatic rings. The molecule has 4 aromatic heterocycles. The molecule has 6 fully saturated rings. The predicted octanol–water partition coefficient (Wildman–Crippen LogP) is 11.2. The molecule has 424 valence electrons. The summed E-state index contributed by atoms with van der Waals surface area (Å²) in [6, 6.07) is 40.7. The standard InChI is InChI=1S/2C31H33IN6O3/c32-28-27-29(38(36-28)26-13-7-8-16-40-26)35-25(17-33-27)37-15-14-23-24(18-37)31(23,22-11-5-2-6-12-22)20-34-30(39)41-19-21-9-3-1-4-10-21;32-28-27-29(38(35-28)26-13-7-8-16-41-26)34-25(17-33-27)36-15-14-23-24(19-36)31(23,22-11-5-2-6-12-22)20-37(30(39)40)18-21-9-3-1-4-10-21/h1-6,9-12,17,23-24,26H,7-8,13-16,18-20H2,(H,34,39);1-6,9-12,17,23-24,26H,7-8,13-16,18-20H2,(H,39,40). The van der Waals surface area contributed by atoms with Gasteiger partial charge in [-0.2, -0.15) is 10.2 Å². The Bertz CT molecular complexity index is 3530. The largest absolute Gasteiger partial charge is 0.465 e. The molecule has 18 nitrogen and oxygen atoms in total. The summed E-state index contributed by atoms with van der Waals surface area (Å²) in [7, 11) is 0. The highest BCUT2D eigenvalue weighted by molar-refractivity contribution is 14.1. The number of carboxylic acid groups (broad SMARTS) is 1. The Morgan fingerprint density at radius 3 is 1.60 bits per heavy atom. The molecule has 8 aromatic rings. The van der Waals surface area contributed by atoms with E-state index in [4.69, 9.17) is 44.3 Å². The molecule has 4 saturated heterocycles. The van der Waals surface area contributed by atoms with Gasteiger partial charge in [-0.3, -0.25) is 0 Å². The molecule has 0 radical (unpaired) electrons. The molecular formula is C62H66I2N12O6. The number of nitrogens with zero attached hydrogens (tertiary/aromatic N) is 11. The lowest BCUT2D eigenvalue weighted by atomic mass is 9.90. The van der Waals surface area contributed by atoms with E-state index in [1.807, 2.05) is 94.6 Å². The van der Waals surface area contributed by atoms with Crippen molar-refractivity contribution in [2.45, 2.75) is 87.8 Å². The Morgan fingerprint density at radius 1 is 0.622 bits per heavy atom. The Labute approximate surface area is 503 Å². The van der Waals surface area contributed by atoms with E-state index in [-0.39, 0.29) is 36.0 Å². The van der Waals surface area contributed by atoms with Crippen molar-refractivity contribution in [1.29, 1.82) is 0 Å². The topological polar surface area (TPSA) is 191 Å². The van der Waals surface area contributed by atoms with Gasteiger partial charge >= 0.3 is 12.2 Å². The number of amides is 2. The summed E-state index contributed by atoms with van der Waals surface area (Å²) in [6.07, 6.45) is 10.5. The van der Waals surface area contributed by atoms with Crippen LogP contribution in [0.15, 0.2) is 134 Å². The highest BCUT2D eigenvalue weighted by Crippen LogP contribution is 2.65. The van der Waals surface area contributed by atoms with Gasteiger partial charge in [-0.05, 0) is 142 Å². The lowest BCUT2D eigenvalue weighted by Gasteiger charge is -2.28. The van der Waals surface area contributed by atoms with Crippen LogP contribution in [0.3, 0.4) is 0 Å². The number of aromatic nitrogens is 8. The molecule has 8 unspecified atom stereocenters. The van der Waals surface area contributed by atoms with Crippen molar-refractivity contribution in [2.75, 3.05) is 62.3 Å². The van der Waals surface area contributed by atoms with Gasteiger partial charge in [0.2, 0.25) is 0 Å². The molecule has 20 heteroatoms. The first-order chi connectivity index (χ1) is 40.2. The van der Waals surface area contributed by atoms with Gasteiger partial charge in [0, 0.05) is 69.9 Å². The van der Waals surface area contributed by atoms with Gasteiger partial charge in [0.05, 0.1) is 12.4 Å². The van der Waals surface area contributed by atoms with Gasteiger partial charge in [0.25, 0.3) is 0 Å². The van der Waals surface area contributed by atoms with Crippen molar-refractivity contribution < 1.29 is 28.9 Å². The molecule has 4 aliphatic heterocycles. The lowest BCUT2D eigenvalue weighted by molar-refractivity contribution is -0.0373. The molecule has 2 N–H and O–H groups in total. The number of piperidine rings is 2. The number of nitrogens with one attached hydrogen (secondary N) is 1. The summed E-state index contributed by atoms with van der Waals surface area (Å²) in [5, 5.41) is 22.8. The van der Waals surface area contributed by atoms with Gasteiger partial charge in [0.15, 0.2) is 31.2 Å². The Kier molecular flexibility index (Phi) is 15.8. The molecule has 8 atom stereocenters. The normalized spacial score (nSPS) is 25.5. The summed E-state index contributed by atoms with van der Waals surface area (Å²) < 4.78 is 23.1. The number of hydrogen-bond donors (Lipinski definition) is 2. The fourth-order valence-corrected chi connectivity index (χ4v) is 15.2. The highest BCUT2D eigenvalue weighted by Gasteiger charge is 2.68. The molecule has 8 heterocycles. The molecule has 4 aromatic carbocycles. The average Bonchev–Trinajstić information content (AvgIpc) is 1.76. The number of alkyl carbamates (subject to hydrolysis) is 1. The van der Waals surface area contributed by atoms with Crippen molar-refractivity contribution >= 4 is 91.3 Å². The van der Waals surface area contributed by atoms with Gasteiger partial charge in [-0.1, -0.05) is 121 Å². The smallest absolute Gasteiger partial charge is 0.407 e. The monoisotopic (exact) mass is 1330 g/mol. The predicted molar refractivity (Wildman–Crippen MR) is 327 cm³/mol. The first-order valence-corrected chi connectivity index (χ1v) is 31.0. The third-order valence-corrected chi connectivity index (χ3v) is 19.6. The fraction of sp³-hybridized carbons (Fsp3) is 0.419. The minimum absolute atomic E-state index is 0.0908. The highest BCUT2D eigenvalue weighted by atomic mass is 127. The molecule has 14 rings (SSSR count). The molecule has 2 saturated carbocycles. The minimum Gasteiger partial charge on any atom is -0.465 e. The second kappa shape index (κ2) is 23.6. The lowest BCUT2D eigenvalue weighted by Crippen LogP contribution is -2.38. The van der Waals surface area contributed by atoms with Crippen molar-refractivity contribution in [2.24, 2.45) is 23.7 Å². The van der Waals surface area contributed by atoms with E-state index < -0.39 is 6.09 Å². The summed E-state index contributed by atoms with van der Waals surface area (Å²) >= 11 is 4.47. The second-order valence-corrected chi connectivity index (χ2v) is 24.7. The van der Waals surface area contributed by atoms with Crippen molar-refractivity contribution in [3.63, 3.8) is 0 Å². The van der Waals surface area contributed by atoms with Crippen LogP contribution >= 0.6 is 45.2 Å². The molecule has 2 amide bonds. The van der Waals surface area contributed by atoms with E-state index in [2.05, 4.69) is 109 Å². The number of rotatable bonds is 14. The first-order valence-electron chi connectivity index (χ1n) is 28.8. The van der Waals surface area contributed by atoms with Crippen LogP contribution < -0.4 is 15.1 Å². The third kappa shape index (κ3) is 10.8. The van der Waals surface area contributed by atoms with E-state index in [9.17, 15) is 14.7 Å². The molecular weight excluding hydrogens is 1260 g/mol. The summed E-state index contributed by atoms with van der Waals surface area (Å²) in [6.45, 7) is 6.55. The Balaban J connectivity index is 0.000000154. The first kappa shape index (κ1) is 54.7. The van der Waals surface area contributed by atoms with Crippen LogP contribution in [0.4, 0.5) is 21.2 Å². The number of halogens is 2. The van der Waals surface area contributed by atoms with E-state index in [0.717, 1.165) is 143 Å². The maximum atomic E-state index is 12.7. The number of anilines is 2. The Morgan fingerprint density at radius 2 is 1.10 bits per heavy atom. The number of fused-ring (bicyclic) bond motifs is 4. The Hall–Kier alpha value is -6.50. The van der Waals surface area contributed by atoms with Crippen molar-refractivity contribution in [1.82, 2.24) is 49.7 Å². The molecule has 0 spiro atoms. The summed E-state index contributed by atoms with van der Waals surface area (Å²) in [5.41, 5.74) is 7.28. The minimum atomic E-state index is -0.881. The van der Waals surface area contributed by atoms with Crippen LogP contribution in [0, 0.1) is 31.1 Å². The molecule has 0 bridgehead atoms. The summed E-state index contributed by atoms with van der Waals surface area (Å²) in [5.74, 6) is 3.32. The second-order valence-electron chi connectivity index (χ2n) is 22.7. The third-order valence-electron chi connectivity index (χ3n) is 18.2. The zero-order chi connectivity index (χ0) is 55.8. The van der Waals surface area contributed by atoms with Crippen LogP contribution in [-0.4, -0.2) is 114 Å². The van der Waals surface area contributed by atoms with Crippen molar-refractivity contribution in [3.05, 3.63) is 163 Å². The van der Waals surface area contributed by atoms with Gasteiger partial charge in [-0.25, -0.2) is 38.9 Å². The fourth-order valence-electron chi connectivity index (χ4n) is 14.0. The number of carbonyl (C=O) groups is 2. The molecule has 82 heavy (non-hydrogen) atoms. The van der Waals surface area contributed by atoms with Crippen molar-refractivity contribution in [3.8, 4) is 0 Å². The van der Waals surface area contributed by atoms with Gasteiger partial charge in [0.1, 0.15) is 29.3 Å². The van der Waals surface area contributed by atoms with Gasteiger partial charge < -0.3 is 39.3 Å². The number of benzene rings is 4. The molecule has 2 aliphatic carbocycles. The van der Waals surface area contributed by atoms with Crippen LogP contribution in [0.5, 0.6) is 0 Å². The van der Waals surface area contributed by atoms with Crippen LogP contribution in [0.2, 0.25) is 0 Å². The SMILES string of the molecule is O=C(NCC1(c2ccccc2)C2CCN(c3cnc4c(I)nn(C5CCCCO5)c4n3)CC21)OCc1ccccc1.O=C(O)N(Cc1ccccc1)CC1(c2ccccc2)C2CCN(c3cnc4c(I)nn(C5CCCCO5)c4n3)CC21. The van der Waals surface area contributed by atoms with Gasteiger partial charge in [-0.15, -0.1) is 0 Å². The zero-order valence-corrected chi connectivity index (χ0v) is 49.9. The van der Waals surface area contributed by atoms with E-state index in [0.29, 0.717) is 43.3 Å². The number of hydrogen-bond acceptors (Lipinski definition) is 13. The van der Waals surface area contributed by atoms with Crippen LogP contribution in [0.1, 0.15) is 86.1 Å². The van der Waals surface area contributed by atoms with E-state index in [1.54, 1.807) is 4.90 Å². The maximum Gasteiger partial charge on any atom is 0.407 e. The summed E-state index contributed by atoms with van der Waals surface area (Å²) in [4.78, 5) is 51.2. The average molecular weight is 1330 g/mol. The van der Waals surface area contributed by atoms with E-state index >= 15 is 0 Å². The van der Waals surface area contributed by atoms with Crippen LogP contribution in [-0.2, 0) is 38.2 Å². The van der Waals surface area contributed by atoms with Crippen LogP contribution in [0.25, 0.3) is 22.3 Å². The number of ether oxygens (including phenoxy) is 3. The van der Waals surface area contributed by atoms with E-state index in [1.165, 1.54) is 11.1 Å². The maximum absolute atomic E-state index is 12.7. The zero-order valence-electron chi connectivity index (χ0n) is 45.6. The number of carbonyl (C=O) groups excluding carboxylic acids is 1. The quantitative estimate of drug-likeness (QED) is 0.0978.